The number of thiazole rings is 1. The molecule has 0 radical (unpaired) electrons. The van der Waals surface area contributed by atoms with E-state index in [2.05, 4.69) is 17.2 Å². The van der Waals surface area contributed by atoms with Gasteiger partial charge in [0.2, 0.25) is 0 Å². The van der Waals surface area contributed by atoms with Gasteiger partial charge < -0.3 is 10.1 Å². The quantitative estimate of drug-likeness (QED) is 0.651. The van der Waals surface area contributed by atoms with Crippen molar-refractivity contribution in [2.24, 2.45) is 0 Å². The van der Waals surface area contributed by atoms with Crippen LogP contribution in [-0.4, -0.2) is 16.9 Å². The highest BCUT2D eigenvalue weighted by Gasteiger charge is 2.14. The highest BCUT2D eigenvalue weighted by atomic mass is 32.1. The van der Waals surface area contributed by atoms with E-state index in [0.717, 1.165) is 29.1 Å². The summed E-state index contributed by atoms with van der Waals surface area (Å²) in [6.45, 7) is 5.73. The number of esters is 1. The molecule has 0 unspecified atom stereocenters. The Bertz CT molecular complexity index is 692. The Hall–Kier alpha value is -2.21. The topological polar surface area (TPSA) is 68.3 Å². The molecule has 5 nitrogen and oxygen atoms in total. The molecule has 23 heavy (non-hydrogen) atoms. The van der Waals surface area contributed by atoms with Gasteiger partial charge >= 0.3 is 5.97 Å². The summed E-state index contributed by atoms with van der Waals surface area (Å²) in [7, 11) is 0. The van der Waals surface area contributed by atoms with Crippen molar-refractivity contribution in [3.63, 3.8) is 0 Å². The minimum Gasteiger partial charge on any atom is -0.427 e. The summed E-state index contributed by atoms with van der Waals surface area (Å²) in [5.41, 5.74) is 1.71. The summed E-state index contributed by atoms with van der Waals surface area (Å²) >= 11 is 1.46. The Labute approximate surface area is 139 Å². The molecule has 1 amide bonds. The van der Waals surface area contributed by atoms with Gasteiger partial charge in [0.05, 0.1) is 10.7 Å². The molecule has 0 bridgehead atoms. The zero-order valence-electron chi connectivity index (χ0n) is 13.5. The molecular formula is C17H20N2O3S. The van der Waals surface area contributed by atoms with Crippen molar-refractivity contribution in [2.45, 2.75) is 40.2 Å². The van der Waals surface area contributed by atoms with Gasteiger partial charge in [-0.25, -0.2) is 4.98 Å². The molecule has 0 aliphatic heterocycles. The van der Waals surface area contributed by atoms with Crippen LogP contribution in [0.5, 0.6) is 5.75 Å². The minimum atomic E-state index is -0.352. The van der Waals surface area contributed by atoms with E-state index in [1.165, 1.54) is 18.3 Å². The Morgan fingerprint density at radius 2 is 1.96 bits per heavy atom. The molecule has 0 aliphatic carbocycles. The van der Waals surface area contributed by atoms with Crippen molar-refractivity contribution in [3.05, 3.63) is 45.4 Å². The van der Waals surface area contributed by atoms with Crippen molar-refractivity contribution in [1.29, 1.82) is 0 Å². The first-order chi connectivity index (χ1) is 11.0. The van der Waals surface area contributed by atoms with E-state index >= 15 is 0 Å². The maximum Gasteiger partial charge on any atom is 0.308 e. The van der Waals surface area contributed by atoms with Crippen LogP contribution >= 0.6 is 11.3 Å². The highest BCUT2D eigenvalue weighted by molar-refractivity contribution is 7.13. The molecular weight excluding hydrogens is 312 g/mol. The van der Waals surface area contributed by atoms with Crippen LogP contribution in [0.2, 0.25) is 0 Å². The zero-order valence-corrected chi connectivity index (χ0v) is 14.3. The number of ether oxygens (including phenoxy) is 1. The van der Waals surface area contributed by atoms with Crippen LogP contribution in [0.4, 0.5) is 0 Å². The van der Waals surface area contributed by atoms with Gasteiger partial charge in [-0.2, -0.15) is 0 Å². The number of hydrogen-bond acceptors (Lipinski definition) is 5. The Balaban J connectivity index is 1.94. The van der Waals surface area contributed by atoms with Gasteiger partial charge in [0.15, 0.2) is 0 Å². The highest BCUT2D eigenvalue weighted by Crippen LogP contribution is 2.19. The average Bonchev–Trinajstić information content (AvgIpc) is 2.87. The lowest BCUT2D eigenvalue weighted by Gasteiger charge is -2.06. The summed E-state index contributed by atoms with van der Waals surface area (Å²) in [5, 5.41) is 3.90. The van der Waals surface area contributed by atoms with Crippen molar-refractivity contribution in [3.8, 4) is 5.75 Å². The third-order valence-corrected chi connectivity index (χ3v) is 4.36. The van der Waals surface area contributed by atoms with Crippen LogP contribution in [0, 0.1) is 6.92 Å². The van der Waals surface area contributed by atoms with E-state index in [1.54, 1.807) is 12.1 Å². The first-order valence-corrected chi connectivity index (χ1v) is 8.33. The van der Waals surface area contributed by atoms with Gasteiger partial charge in [-0.1, -0.05) is 19.1 Å². The smallest absolute Gasteiger partial charge is 0.308 e. The second-order valence-corrected chi connectivity index (χ2v) is 6.28. The van der Waals surface area contributed by atoms with Gasteiger partial charge in [0, 0.05) is 13.5 Å². The largest absolute Gasteiger partial charge is 0.427 e. The second-order valence-electron chi connectivity index (χ2n) is 5.19. The van der Waals surface area contributed by atoms with Crippen LogP contribution in [0.25, 0.3) is 0 Å². The van der Waals surface area contributed by atoms with Crippen LogP contribution in [0.1, 0.15) is 46.2 Å². The fraction of sp³-hybridized carbons (Fsp3) is 0.353. The molecule has 0 spiro atoms. The van der Waals surface area contributed by atoms with Crippen molar-refractivity contribution >= 4 is 23.2 Å². The van der Waals surface area contributed by atoms with Crippen molar-refractivity contribution in [2.75, 3.05) is 0 Å². The molecule has 122 valence electrons. The first-order valence-electron chi connectivity index (χ1n) is 7.51. The molecule has 6 heteroatoms. The fourth-order valence-electron chi connectivity index (χ4n) is 2.09. The number of rotatable bonds is 6. The van der Waals surface area contributed by atoms with Gasteiger partial charge in [0.1, 0.15) is 10.6 Å². The fourth-order valence-corrected chi connectivity index (χ4v) is 3.17. The van der Waals surface area contributed by atoms with Crippen molar-refractivity contribution < 1.29 is 14.3 Å². The number of aryl methyl sites for hydroxylation is 2. The van der Waals surface area contributed by atoms with Crippen LogP contribution in [0.3, 0.4) is 0 Å². The number of carbonyl (C=O) groups excluding carboxylic acids is 2. The normalized spacial score (nSPS) is 10.4. The number of nitrogens with one attached hydrogen (secondary N) is 1. The predicted molar refractivity (Wildman–Crippen MR) is 89.8 cm³/mol. The average molecular weight is 332 g/mol. The van der Waals surface area contributed by atoms with Gasteiger partial charge in [0.25, 0.3) is 5.91 Å². The predicted octanol–water partition coefficient (Wildman–Crippen LogP) is 3.26. The van der Waals surface area contributed by atoms with Crippen LogP contribution in [-0.2, 0) is 17.8 Å². The third kappa shape index (κ3) is 4.89. The Kier molecular flexibility index (Phi) is 5.87. The lowest BCUT2D eigenvalue weighted by Crippen LogP contribution is -2.22. The van der Waals surface area contributed by atoms with E-state index in [-0.39, 0.29) is 11.9 Å². The number of hydrogen-bond donors (Lipinski definition) is 1. The van der Waals surface area contributed by atoms with E-state index in [4.69, 9.17) is 4.74 Å². The van der Waals surface area contributed by atoms with Gasteiger partial charge in [-0.05, 0) is 37.5 Å². The molecule has 0 atom stereocenters. The maximum atomic E-state index is 12.3. The lowest BCUT2D eigenvalue weighted by atomic mass is 10.2. The molecule has 0 saturated heterocycles. The Morgan fingerprint density at radius 3 is 2.57 bits per heavy atom. The molecule has 2 rings (SSSR count). The van der Waals surface area contributed by atoms with E-state index < -0.39 is 0 Å². The standard InChI is InChI=1S/C17H20N2O3S/c1-4-5-15-19-11(2)16(23-15)17(21)18-10-13-6-8-14(9-7-13)22-12(3)20/h6-9H,4-5,10H2,1-3H3,(H,18,21). The van der Waals surface area contributed by atoms with Gasteiger partial charge in [-0.3, -0.25) is 9.59 Å². The first kappa shape index (κ1) is 17.1. The number of nitrogens with zero attached hydrogens (tertiary/aromatic N) is 1. The van der Waals surface area contributed by atoms with Crippen LogP contribution < -0.4 is 10.1 Å². The summed E-state index contributed by atoms with van der Waals surface area (Å²) in [6.07, 6.45) is 1.92. The second kappa shape index (κ2) is 7.87. The summed E-state index contributed by atoms with van der Waals surface area (Å²) in [6, 6.07) is 7.06. The van der Waals surface area contributed by atoms with E-state index in [1.807, 2.05) is 19.1 Å². The van der Waals surface area contributed by atoms with Crippen molar-refractivity contribution in [1.82, 2.24) is 10.3 Å². The van der Waals surface area contributed by atoms with Gasteiger partial charge in [-0.15, -0.1) is 11.3 Å². The van der Waals surface area contributed by atoms with E-state index in [0.29, 0.717) is 17.2 Å². The summed E-state index contributed by atoms with van der Waals surface area (Å²) < 4.78 is 4.97. The number of aromatic nitrogens is 1. The van der Waals surface area contributed by atoms with E-state index in [9.17, 15) is 9.59 Å². The Morgan fingerprint density at radius 1 is 1.26 bits per heavy atom. The monoisotopic (exact) mass is 332 g/mol. The molecule has 1 aromatic heterocycles. The third-order valence-electron chi connectivity index (χ3n) is 3.15. The molecule has 2 aromatic rings. The molecule has 1 N–H and O–H groups in total. The molecule has 0 fully saturated rings. The minimum absolute atomic E-state index is 0.105. The lowest BCUT2D eigenvalue weighted by molar-refractivity contribution is -0.131. The maximum absolute atomic E-state index is 12.3. The number of carbonyl (C=O) groups is 2. The molecule has 1 aromatic carbocycles. The number of amides is 1. The molecule has 0 aliphatic rings. The zero-order chi connectivity index (χ0) is 16.8. The SMILES string of the molecule is CCCc1nc(C)c(C(=O)NCc2ccc(OC(C)=O)cc2)s1. The summed E-state index contributed by atoms with van der Waals surface area (Å²) in [5.74, 6) is 0.0381. The van der Waals surface area contributed by atoms with Crippen LogP contribution in [0.15, 0.2) is 24.3 Å². The number of benzene rings is 1. The summed E-state index contributed by atoms with van der Waals surface area (Å²) in [4.78, 5) is 28.2. The molecule has 1 heterocycles. The molecule has 0 saturated carbocycles.